The molecule has 1 fully saturated rings. The number of anilines is 1. The van der Waals surface area contributed by atoms with Crippen molar-refractivity contribution in [2.75, 3.05) is 19.8 Å². The van der Waals surface area contributed by atoms with Crippen LogP contribution in [0.5, 0.6) is 0 Å². The lowest BCUT2D eigenvalue weighted by Crippen LogP contribution is -2.39. The minimum Gasteiger partial charge on any atom is -0.398 e. The number of hydrogen-bond acceptors (Lipinski definition) is 5. The van der Waals surface area contributed by atoms with Gasteiger partial charge in [-0.3, -0.25) is 4.79 Å². The van der Waals surface area contributed by atoms with Crippen LogP contribution in [0.1, 0.15) is 60.1 Å². The predicted molar refractivity (Wildman–Crippen MR) is 112 cm³/mol. The molecule has 28 heavy (non-hydrogen) atoms. The lowest BCUT2D eigenvalue weighted by Gasteiger charge is -2.35. The highest BCUT2D eigenvalue weighted by atomic mass is 16.3. The van der Waals surface area contributed by atoms with Crippen LogP contribution in [0.25, 0.3) is 11.3 Å². The summed E-state index contributed by atoms with van der Waals surface area (Å²) in [6.07, 6.45) is 3.77. The van der Waals surface area contributed by atoms with E-state index in [1.807, 2.05) is 18.2 Å². The fourth-order valence-electron chi connectivity index (χ4n) is 3.98. The Hall–Kier alpha value is -2.44. The molecule has 1 aliphatic carbocycles. The molecule has 3 rings (SSSR count). The number of aliphatic hydroxyl groups excluding tert-OH is 1. The zero-order valence-electron chi connectivity index (χ0n) is 16.9. The van der Waals surface area contributed by atoms with Gasteiger partial charge >= 0.3 is 0 Å². The molecule has 5 N–H and O–H groups in total. The normalized spacial score (nSPS) is 22.1. The van der Waals surface area contributed by atoms with Crippen molar-refractivity contribution in [2.24, 2.45) is 5.73 Å². The first-order valence-electron chi connectivity index (χ1n) is 9.73. The van der Waals surface area contributed by atoms with E-state index < -0.39 is 0 Å². The maximum absolute atomic E-state index is 12.1. The Balaban J connectivity index is 1.90. The van der Waals surface area contributed by atoms with E-state index >= 15 is 0 Å². The number of carbonyl (C=O) groups excluding carboxylic acids is 1. The van der Waals surface area contributed by atoms with Gasteiger partial charge in [-0.25, -0.2) is 4.98 Å². The molecule has 1 saturated carbocycles. The Morgan fingerprint density at radius 3 is 2.39 bits per heavy atom. The number of amides is 1. The topological polar surface area (TPSA) is 105 Å². The SMILES string of the molecule is CN(C)C(=O)c1ccc(-c2cc(N)c(C3CCC(C)(N)CC3)c(CO)n2)cc1. The zero-order chi connectivity index (χ0) is 20.5. The molecular formula is C22H30N4O2. The lowest BCUT2D eigenvalue weighted by molar-refractivity contribution is 0.0827. The maximum Gasteiger partial charge on any atom is 0.253 e. The Morgan fingerprint density at radius 2 is 1.86 bits per heavy atom. The molecule has 150 valence electrons. The minimum atomic E-state index is -0.152. The smallest absolute Gasteiger partial charge is 0.253 e. The second kappa shape index (κ2) is 7.89. The molecule has 0 radical (unpaired) electrons. The first kappa shape index (κ1) is 20.3. The third kappa shape index (κ3) is 4.18. The van der Waals surface area contributed by atoms with Crippen molar-refractivity contribution in [3.8, 4) is 11.3 Å². The molecule has 6 heteroatoms. The Bertz CT molecular complexity index is 850. The van der Waals surface area contributed by atoms with E-state index in [0.29, 0.717) is 22.6 Å². The van der Waals surface area contributed by atoms with Crippen LogP contribution in [0.3, 0.4) is 0 Å². The average molecular weight is 383 g/mol. The summed E-state index contributed by atoms with van der Waals surface area (Å²) in [4.78, 5) is 18.3. The fraction of sp³-hybridized carbons (Fsp3) is 0.455. The Kier molecular flexibility index (Phi) is 5.72. The number of nitrogens with two attached hydrogens (primary N) is 2. The summed E-state index contributed by atoms with van der Waals surface area (Å²) in [5.41, 5.74) is 17.0. The van der Waals surface area contributed by atoms with Crippen LogP contribution >= 0.6 is 0 Å². The Labute approximate surface area is 166 Å². The molecule has 0 spiro atoms. The number of nitrogens with zero attached hydrogens (tertiary/aromatic N) is 2. The number of pyridine rings is 1. The summed E-state index contributed by atoms with van der Waals surface area (Å²) >= 11 is 0. The second-order valence-corrected chi connectivity index (χ2v) is 8.32. The number of hydrogen-bond donors (Lipinski definition) is 3. The molecule has 6 nitrogen and oxygen atoms in total. The van der Waals surface area contributed by atoms with Gasteiger partial charge in [-0.15, -0.1) is 0 Å². The van der Waals surface area contributed by atoms with E-state index in [0.717, 1.165) is 36.8 Å². The number of benzene rings is 1. The molecule has 0 aliphatic heterocycles. The first-order valence-corrected chi connectivity index (χ1v) is 9.73. The van der Waals surface area contributed by atoms with Gasteiger partial charge < -0.3 is 21.5 Å². The molecule has 0 atom stereocenters. The van der Waals surface area contributed by atoms with E-state index in [-0.39, 0.29) is 24.0 Å². The summed E-state index contributed by atoms with van der Waals surface area (Å²) in [5, 5.41) is 9.93. The van der Waals surface area contributed by atoms with Gasteiger partial charge in [0, 0.05) is 42.0 Å². The molecule has 0 bridgehead atoms. The molecule has 1 heterocycles. The van der Waals surface area contributed by atoms with Gasteiger partial charge in [0.25, 0.3) is 5.91 Å². The van der Waals surface area contributed by atoms with Gasteiger partial charge in [-0.1, -0.05) is 12.1 Å². The number of aliphatic hydroxyl groups is 1. The first-order chi connectivity index (χ1) is 13.2. The summed E-state index contributed by atoms with van der Waals surface area (Å²) in [7, 11) is 3.45. The van der Waals surface area contributed by atoms with E-state index in [1.165, 1.54) is 0 Å². The second-order valence-electron chi connectivity index (χ2n) is 8.32. The highest BCUT2D eigenvalue weighted by Crippen LogP contribution is 2.41. The molecular weight excluding hydrogens is 352 g/mol. The highest BCUT2D eigenvalue weighted by molar-refractivity contribution is 5.94. The summed E-state index contributed by atoms with van der Waals surface area (Å²) in [5.74, 6) is 0.232. The van der Waals surface area contributed by atoms with Gasteiger partial charge in [0.1, 0.15) is 0 Å². The quantitative estimate of drug-likeness (QED) is 0.754. The third-order valence-electron chi connectivity index (χ3n) is 5.69. The molecule has 0 unspecified atom stereocenters. The van der Waals surface area contributed by atoms with Crippen LogP contribution in [-0.2, 0) is 6.61 Å². The summed E-state index contributed by atoms with van der Waals surface area (Å²) in [6, 6.07) is 9.16. The van der Waals surface area contributed by atoms with Crippen molar-refractivity contribution in [1.29, 1.82) is 0 Å². The van der Waals surface area contributed by atoms with E-state index in [4.69, 9.17) is 11.5 Å². The van der Waals surface area contributed by atoms with Crippen LogP contribution in [0.15, 0.2) is 30.3 Å². The van der Waals surface area contributed by atoms with Gasteiger partial charge in [-0.05, 0) is 56.7 Å². The van der Waals surface area contributed by atoms with Crippen LogP contribution in [0.4, 0.5) is 5.69 Å². The van der Waals surface area contributed by atoms with Gasteiger partial charge in [-0.2, -0.15) is 0 Å². The van der Waals surface area contributed by atoms with Crippen LogP contribution < -0.4 is 11.5 Å². The molecule has 2 aromatic rings. The van der Waals surface area contributed by atoms with Gasteiger partial charge in [0.2, 0.25) is 0 Å². The molecule has 1 aromatic heterocycles. The van der Waals surface area contributed by atoms with Crippen molar-refractivity contribution in [3.63, 3.8) is 0 Å². The Morgan fingerprint density at radius 1 is 1.25 bits per heavy atom. The minimum absolute atomic E-state index is 0.0466. The van der Waals surface area contributed by atoms with Crippen LogP contribution in [-0.4, -0.2) is 40.5 Å². The van der Waals surface area contributed by atoms with E-state index in [2.05, 4.69) is 11.9 Å². The number of carbonyl (C=O) groups is 1. The highest BCUT2D eigenvalue weighted by Gasteiger charge is 2.30. The lowest BCUT2D eigenvalue weighted by atomic mass is 9.75. The van der Waals surface area contributed by atoms with Gasteiger partial charge in [0.15, 0.2) is 0 Å². The zero-order valence-corrected chi connectivity index (χ0v) is 16.9. The van der Waals surface area contributed by atoms with Crippen LogP contribution in [0.2, 0.25) is 0 Å². The van der Waals surface area contributed by atoms with Crippen molar-refractivity contribution in [1.82, 2.24) is 9.88 Å². The van der Waals surface area contributed by atoms with Crippen molar-refractivity contribution < 1.29 is 9.90 Å². The number of nitrogen functional groups attached to an aromatic ring is 1. The third-order valence-corrected chi connectivity index (χ3v) is 5.69. The van der Waals surface area contributed by atoms with Crippen molar-refractivity contribution in [3.05, 3.63) is 47.2 Å². The summed E-state index contributed by atoms with van der Waals surface area (Å²) in [6.45, 7) is 1.94. The molecule has 0 saturated heterocycles. The predicted octanol–water partition coefficient (Wildman–Crippen LogP) is 2.90. The molecule has 1 aromatic carbocycles. The van der Waals surface area contributed by atoms with E-state index in [9.17, 15) is 9.90 Å². The molecule has 1 amide bonds. The maximum atomic E-state index is 12.1. The van der Waals surface area contributed by atoms with Crippen molar-refractivity contribution >= 4 is 11.6 Å². The number of rotatable bonds is 4. The average Bonchev–Trinajstić information content (AvgIpc) is 2.67. The van der Waals surface area contributed by atoms with E-state index in [1.54, 1.807) is 31.1 Å². The monoisotopic (exact) mass is 382 g/mol. The van der Waals surface area contributed by atoms with Crippen LogP contribution in [0, 0.1) is 0 Å². The van der Waals surface area contributed by atoms with Gasteiger partial charge in [0.05, 0.1) is 18.0 Å². The number of aromatic nitrogens is 1. The fourth-order valence-corrected chi connectivity index (χ4v) is 3.98. The summed E-state index contributed by atoms with van der Waals surface area (Å²) < 4.78 is 0. The van der Waals surface area contributed by atoms with Crippen molar-refractivity contribution in [2.45, 2.75) is 50.7 Å². The molecule has 1 aliphatic rings. The standard InChI is InChI=1S/C22H30N4O2/c1-22(24)10-8-15(9-11-22)20-17(23)12-18(25-19(20)13-27)14-4-6-16(7-5-14)21(28)26(2)3/h4-7,12,15,27H,8-11,13,24H2,1-3H3,(H2,23,25). The largest absolute Gasteiger partial charge is 0.398 e.